The predicted molar refractivity (Wildman–Crippen MR) is 69.8 cm³/mol. The lowest BCUT2D eigenvalue weighted by molar-refractivity contribution is -0.158. The summed E-state index contributed by atoms with van der Waals surface area (Å²) in [5.74, 6) is -0.859. The molecule has 1 amide bonds. The quantitative estimate of drug-likeness (QED) is 0.846. The molecule has 0 bridgehead atoms. The van der Waals surface area contributed by atoms with E-state index in [9.17, 15) is 14.7 Å². The minimum atomic E-state index is -0.828. The zero-order valence-electron chi connectivity index (χ0n) is 11.8. The van der Waals surface area contributed by atoms with Gasteiger partial charge in [0.25, 0.3) is 0 Å². The maximum atomic E-state index is 12.5. The third kappa shape index (κ3) is 2.76. The van der Waals surface area contributed by atoms with Gasteiger partial charge < -0.3 is 14.7 Å². The van der Waals surface area contributed by atoms with Crippen molar-refractivity contribution in [1.29, 1.82) is 0 Å². The molecule has 1 aliphatic heterocycles. The molecule has 2 aliphatic rings. The maximum Gasteiger partial charge on any atom is 0.310 e. The van der Waals surface area contributed by atoms with Gasteiger partial charge in [-0.25, -0.2) is 0 Å². The zero-order valence-corrected chi connectivity index (χ0v) is 11.8. The van der Waals surface area contributed by atoms with Crippen molar-refractivity contribution in [2.75, 3.05) is 19.8 Å². The number of carbonyl (C=O) groups is 2. The van der Waals surface area contributed by atoms with Crippen LogP contribution in [0.25, 0.3) is 0 Å². The summed E-state index contributed by atoms with van der Waals surface area (Å²) < 4.78 is 5.40. The SMILES string of the molecule is CC1(C)COCCN1C(=O)CC1(C(=O)O)CCCC1. The number of carbonyl (C=O) groups excluding carboxylic acids is 1. The predicted octanol–water partition coefficient (Wildman–Crippen LogP) is 1.66. The zero-order chi connectivity index (χ0) is 14.1. The number of rotatable bonds is 3. The summed E-state index contributed by atoms with van der Waals surface area (Å²) in [6.07, 6.45) is 3.20. The summed E-state index contributed by atoms with van der Waals surface area (Å²) in [7, 11) is 0. The highest BCUT2D eigenvalue weighted by atomic mass is 16.5. The van der Waals surface area contributed by atoms with Gasteiger partial charge in [0, 0.05) is 13.0 Å². The first-order valence-corrected chi connectivity index (χ1v) is 6.99. The highest BCUT2D eigenvalue weighted by Gasteiger charge is 2.45. The normalized spacial score (nSPS) is 25.3. The van der Waals surface area contributed by atoms with Crippen molar-refractivity contribution in [3.63, 3.8) is 0 Å². The molecule has 19 heavy (non-hydrogen) atoms. The second-order valence-corrected chi connectivity index (χ2v) is 6.38. The van der Waals surface area contributed by atoms with E-state index >= 15 is 0 Å². The molecule has 1 aliphatic carbocycles. The van der Waals surface area contributed by atoms with Crippen molar-refractivity contribution in [2.24, 2.45) is 5.41 Å². The maximum absolute atomic E-state index is 12.5. The second-order valence-electron chi connectivity index (χ2n) is 6.38. The first kappa shape index (κ1) is 14.3. The van der Waals surface area contributed by atoms with E-state index in [-0.39, 0.29) is 17.9 Å². The molecule has 1 saturated carbocycles. The number of carboxylic acid groups (broad SMARTS) is 1. The van der Waals surface area contributed by atoms with Crippen LogP contribution in [-0.2, 0) is 14.3 Å². The Labute approximate surface area is 113 Å². The summed E-state index contributed by atoms with van der Waals surface area (Å²) in [6.45, 7) is 5.54. The number of amides is 1. The molecule has 2 rings (SSSR count). The van der Waals surface area contributed by atoms with Crippen molar-refractivity contribution in [3.8, 4) is 0 Å². The molecule has 0 spiro atoms. The van der Waals surface area contributed by atoms with E-state index in [4.69, 9.17) is 4.74 Å². The molecular formula is C14H23NO4. The van der Waals surface area contributed by atoms with E-state index in [1.54, 1.807) is 4.90 Å². The number of hydrogen-bond donors (Lipinski definition) is 1. The molecule has 0 radical (unpaired) electrons. The lowest BCUT2D eigenvalue weighted by atomic mass is 9.82. The van der Waals surface area contributed by atoms with Gasteiger partial charge in [-0.05, 0) is 26.7 Å². The van der Waals surface area contributed by atoms with Gasteiger partial charge in [-0.1, -0.05) is 12.8 Å². The van der Waals surface area contributed by atoms with Crippen LogP contribution >= 0.6 is 0 Å². The third-order valence-corrected chi connectivity index (χ3v) is 4.45. The Kier molecular flexibility index (Phi) is 3.85. The summed E-state index contributed by atoms with van der Waals surface area (Å²) in [5, 5.41) is 9.45. The molecule has 1 saturated heterocycles. The van der Waals surface area contributed by atoms with E-state index in [1.807, 2.05) is 13.8 Å². The highest BCUT2D eigenvalue weighted by molar-refractivity contribution is 5.85. The largest absolute Gasteiger partial charge is 0.481 e. The van der Waals surface area contributed by atoms with E-state index in [0.717, 1.165) is 12.8 Å². The Bertz CT molecular complexity index is 372. The molecule has 0 atom stereocenters. The molecule has 108 valence electrons. The fraction of sp³-hybridized carbons (Fsp3) is 0.857. The Morgan fingerprint density at radius 2 is 1.89 bits per heavy atom. The molecule has 0 aromatic heterocycles. The topological polar surface area (TPSA) is 66.8 Å². The molecule has 5 heteroatoms. The lowest BCUT2D eigenvalue weighted by Crippen LogP contribution is -2.56. The minimum Gasteiger partial charge on any atom is -0.481 e. The first-order chi connectivity index (χ1) is 8.87. The molecular weight excluding hydrogens is 246 g/mol. The number of ether oxygens (including phenoxy) is 1. The fourth-order valence-corrected chi connectivity index (χ4v) is 3.22. The highest BCUT2D eigenvalue weighted by Crippen LogP contribution is 2.42. The number of aliphatic carboxylic acids is 1. The molecule has 0 unspecified atom stereocenters. The van der Waals surface area contributed by atoms with Gasteiger partial charge in [-0.3, -0.25) is 9.59 Å². The van der Waals surface area contributed by atoms with Gasteiger partial charge in [0.15, 0.2) is 0 Å². The van der Waals surface area contributed by atoms with Crippen molar-refractivity contribution in [1.82, 2.24) is 4.90 Å². The lowest BCUT2D eigenvalue weighted by Gasteiger charge is -2.43. The average Bonchev–Trinajstić information content (AvgIpc) is 2.78. The molecule has 2 fully saturated rings. The molecule has 0 aromatic rings. The van der Waals surface area contributed by atoms with Gasteiger partial charge in [0.05, 0.1) is 24.2 Å². The second kappa shape index (κ2) is 5.12. The Hall–Kier alpha value is -1.10. The summed E-state index contributed by atoms with van der Waals surface area (Å²) in [4.78, 5) is 25.8. The van der Waals surface area contributed by atoms with Gasteiger partial charge in [0.2, 0.25) is 5.91 Å². The van der Waals surface area contributed by atoms with Crippen molar-refractivity contribution in [2.45, 2.75) is 51.5 Å². The van der Waals surface area contributed by atoms with Crippen LogP contribution in [0.1, 0.15) is 46.0 Å². The number of morpholine rings is 1. The van der Waals surface area contributed by atoms with Crippen molar-refractivity contribution >= 4 is 11.9 Å². The van der Waals surface area contributed by atoms with Crippen molar-refractivity contribution < 1.29 is 19.4 Å². The molecule has 0 aromatic carbocycles. The van der Waals surface area contributed by atoms with Crippen LogP contribution in [0.4, 0.5) is 0 Å². The van der Waals surface area contributed by atoms with Gasteiger partial charge in [-0.2, -0.15) is 0 Å². The van der Waals surface area contributed by atoms with E-state index in [2.05, 4.69) is 0 Å². The number of carboxylic acids is 1. The number of nitrogens with zero attached hydrogens (tertiary/aromatic N) is 1. The van der Waals surface area contributed by atoms with Crippen LogP contribution < -0.4 is 0 Å². The molecule has 5 nitrogen and oxygen atoms in total. The minimum absolute atomic E-state index is 0.0439. The van der Waals surface area contributed by atoms with E-state index in [0.29, 0.717) is 32.6 Å². The Morgan fingerprint density at radius 1 is 1.26 bits per heavy atom. The third-order valence-electron chi connectivity index (χ3n) is 4.45. The summed E-state index contributed by atoms with van der Waals surface area (Å²) in [6, 6.07) is 0. The number of hydrogen-bond acceptors (Lipinski definition) is 3. The van der Waals surface area contributed by atoms with Crippen LogP contribution in [-0.4, -0.2) is 47.2 Å². The van der Waals surface area contributed by atoms with Gasteiger partial charge in [0.1, 0.15) is 0 Å². The van der Waals surface area contributed by atoms with E-state index in [1.165, 1.54) is 0 Å². The summed E-state index contributed by atoms with van der Waals surface area (Å²) >= 11 is 0. The van der Waals surface area contributed by atoms with Crippen LogP contribution in [0.3, 0.4) is 0 Å². The van der Waals surface area contributed by atoms with Gasteiger partial charge >= 0.3 is 5.97 Å². The summed E-state index contributed by atoms with van der Waals surface area (Å²) in [5.41, 5.74) is -1.17. The smallest absolute Gasteiger partial charge is 0.310 e. The van der Waals surface area contributed by atoms with Crippen LogP contribution in [0.2, 0.25) is 0 Å². The Morgan fingerprint density at radius 3 is 2.42 bits per heavy atom. The van der Waals surface area contributed by atoms with Crippen molar-refractivity contribution in [3.05, 3.63) is 0 Å². The van der Waals surface area contributed by atoms with Crippen LogP contribution in [0.5, 0.6) is 0 Å². The van der Waals surface area contributed by atoms with Gasteiger partial charge in [-0.15, -0.1) is 0 Å². The molecule has 1 N–H and O–H groups in total. The van der Waals surface area contributed by atoms with E-state index < -0.39 is 11.4 Å². The van der Waals surface area contributed by atoms with Crippen LogP contribution in [0.15, 0.2) is 0 Å². The molecule has 1 heterocycles. The average molecular weight is 269 g/mol. The standard InChI is InChI=1S/C14H23NO4/c1-13(2)10-19-8-7-15(13)11(16)9-14(12(17)18)5-3-4-6-14/h3-10H2,1-2H3,(H,17,18). The van der Waals surface area contributed by atoms with Crippen LogP contribution in [0, 0.1) is 5.41 Å². The first-order valence-electron chi connectivity index (χ1n) is 6.99. The Balaban J connectivity index is 2.09. The monoisotopic (exact) mass is 269 g/mol. The fourth-order valence-electron chi connectivity index (χ4n) is 3.22.